The summed E-state index contributed by atoms with van der Waals surface area (Å²) in [6.45, 7) is 6.18. The van der Waals surface area contributed by atoms with Crippen LogP contribution in [0.4, 0.5) is 0 Å². The van der Waals surface area contributed by atoms with Crippen molar-refractivity contribution < 1.29 is 14.3 Å². The highest BCUT2D eigenvalue weighted by molar-refractivity contribution is 5.82. The van der Waals surface area contributed by atoms with Crippen molar-refractivity contribution >= 4 is 11.9 Å². The minimum Gasteiger partial charge on any atom is -0.469 e. The first-order valence-corrected chi connectivity index (χ1v) is 6.63. The molecule has 5 nitrogen and oxygen atoms in total. The highest BCUT2D eigenvalue weighted by atomic mass is 16.5. The first-order chi connectivity index (χ1) is 8.54. The SMILES string of the molecule is COC(=O)CCN(CC(C)C)C(=O)C1CCCN1. The molecule has 0 aromatic heterocycles. The van der Waals surface area contributed by atoms with Crippen molar-refractivity contribution in [1.82, 2.24) is 10.2 Å². The van der Waals surface area contributed by atoms with E-state index in [1.165, 1.54) is 7.11 Å². The predicted octanol–water partition coefficient (Wildman–Crippen LogP) is 0.786. The number of amides is 1. The van der Waals surface area contributed by atoms with Crippen LogP contribution in [0.1, 0.15) is 33.1 Å². The highest BCUT2D eigenvalue weighted by Gasteiger charge is 2.27. The fraction of sp³-hybridized carbons (Fsp3) is 0.846. The number of esters is 1. The molecule has 0 aromatic carbocycles. The molecule has 1 atom stereocenters. The second-order valence-electron chi connectivity index (χ2n) is 5.15. The molecule has 1 heterocycles. The number of nitrogens with zero attached hydrogens (tertiary/aromatic N) is 1. The van der Waals surface area contributed by atoms with E-state index in [1.807, 2.05) is 0 Å². The first-order valence-electron chi connectivity index (χ1n) is 6.63. The molecule has 0 spiro atoms. The van der Waals surface area contributed by atoms with Gasteiger partial charge in [0.15, 0.2) is 0 Å². The second kappa shape index (κ2) is 7.36. The van der Waals surface area contributed by atoms with Gasteiger partial charge in [0.1, 0.15) is 0 Å². The number of methoxy groups -OCH3 is 1. The average Bonchev–Trinajstić information content (AvgIpc) is 2.86. The highest BCUT2D eigenvalue weighted by Crippen LogP contribution is 2.11. The largest absolute Gasteiger partial charge is 0.469 e. The predicted molar refractivity (Wildman–Crippen MR) is 69.1 cm³/mol. The third-order valence-corrected chi connectivity index (χ3v) is 3.07. The van der Waals surface area contributed by atoms with Gasteiger partial charge in [0.25, 0.3) is 0 Å². The quantitative estimate of drug-likeness (QED) is 0.714. The molecule has 5 heteroatoms. The second-order valence-corrected chi connectivity index (χ2v) is 5.15. The Morgan fingerprint density at radius 2 is 2.17 bits per heavy atom. The normalized spacial score (nSPS) is 19.0. The van der Waals surface area contributed by atoms with Crippen molar-refractivity contribution in [2.24, 2.45) is 5.92 Å². The lowest BCUT2D eigenvalue weighted by atomic mass is 10.1. The summed E-state index contributed by atoms with van der Waals surface area (Å²) in [5, 5.41) is 3.20. The zero-order valence-electron chi connectivity index (χ0n) is 11.6. The van der Waals surface area contributed by atoms with Gasteiger partial charge >= 0.3 is 5.97 Å². The molecule has 18 heavy (non-hydrogen) atoms. The maximum atomic E-state index is 12.3. The Morgan fingerprint density at radius 3 is 2.67 bits per heavy atom. The average molecular weight is 256 g/mol. The van der Waals surface area contributed by atoms with E-state index in [4.69, 9.17) is 0 Å². The van der Waals surface area contributed by atoms with Gasteiger partial charge in [-0.2, -0.15) is 0 Å². The molecular weight excluding hydrogens is 232 g/mol. The van der Waals surface area contributed by atoms with E-state index in [-0.39, 0.29) is 24.3 Å². The van der Waals surface area contributed by atoms with Crippen LogP contribution >= 0.6 is 0 Å². The molecule has 0 aliphatic carbocycles. The molecule has 0 bridgehead atoms. The third kappa shape index (κ3) is 4.64. The summed E-state index contributed by atoms with van der Waals surface area (Å²) in [5.74, 6) is 0.244. The monoisotopic (exact) mass is 256 g/mol. The topological polar surface area (TPSA) is 58.6 Å². The van der Waals surface area contributed by atoms with E-state index in [0.29, 0.717) is 19.0 Å². The maximum Gasteiger partial charge on any atom is 0.307 e. The molecule has 1 fully saturated rings. The van der Waals surface area contributed by atoms with Gasteiger partial charge < -0.3 is 15.0 Å². The fourth-order valence-corrected chi connectivity index (χ4v) is 2.18. The van der Waals surface area contributed by atoms with E-state index in [2.05, 4.69) is 23.9 Å². The number of carbonyl (C=O) groups excluding carboxylic acids is 2. The molecule has 1 N–H and O–H groups in total. The van der Waals surface area contributed by atoms with Gasteiger partial charge in [-0.25, -0.2) is 0 Å². The number of nitrogens with one attached hydrogen (secondary N) is 1. The van der Waals surface area contributed by atoms with E-state index >= 15 is 0 Å². The van der Waals surface area contributed by atoms with Crippen molar-refractivity contribution in [3.63, 3.8) is 0 Å². The standard InChI is InChI=1S/C13H24N2O3/c1-10(2)9-15(8-6-12(16)18-3)13(17)11-5-4-7-14-11/h10-11,14H,4-9H2,1-3H3. The zero-order valence-corrected chi connectivity index (χ0v) is 11.6. The van der Waals surface area contributed by atoms with Crippen molar-refractivity contribution in [2.75, 3.05) is 26.7 Å². The summed E-state index contributed by atoms with van der Waals surface area (Å²) in [4.78, 5) is 25.2. The smallest absolute Gasteiger partial charge is 0.307 e. The van der Waals surface area contributed by atoms with Crippen LogP contribution in [0.3, 0.4) is 0 Å². The van der Waals surface area contributed by atoms with Gasteiger partial charge in [0, 0.05) is 13.1 Å². The van der Waals surface area contributed by atoms with Crippen LogP contribution in [-0.2, 0) is 14.3 Å². The Hall–Kier alpha value is -1.10. The van der Waals surface area contributed by atoms with Crippen LogP contribution in [0.15, 0.2) is 0 Å². The van der Waals surface area contributed by atoms with Crippen LogP contribution in [0.2, 0.25) is 0 Å². The number of carbonyl (C=O) groups is 2. The molecule has 104 valence electrons. The van der Waals surface area contributed by atoms with Crippen molar-refractivity contribution in [3.8, 4) is 0 Å². The van der Waals surface area contributed by atoms with E-state index in [1.54, 1.807) is 4.90 Å². The molecule has 1 aliphatic heterocycles. The van der Waals surface area contributed by atoms with Crippen LogP contribution in [0.25, 0.3) is 0 Å². The van der Waals surface area contributed by atoms with Crippen molar-refractivity contribution in [2.45, 2.75) is 39.2 Å². The Bertz CT molecular complexity index is 286. The zero-order chi connectivity index (χ0) is 13.5. The Labute approximate surface area is 109 Å². The summed E-state index contributed by atoms with van der Waals surface area (Å²) in [7, 11) is 1.37. The molecule has 1 rings (SSSR count). The molecule has 0 aromatic rings. The van der Waals surface area contributed by atoms with Gasteiger partial charge in [0.05, 0.1) is 19.6 Å². The minimum atomic E-state index is -0.268. The molecule has 0 saturated carbocycles. The summed E-state index contributed by atoms with van der Waals surface area (Å²) < 4.78 is 4.62. The number of rotatable bonds is 6. The lowest BCUT2D eigenvalue weighted by Gasteiger charge is -2.27. The Kier molecular flexibility index (Phi) is 6.12. The van der Waals surface area contributed by atoms with Crippen LogP contribution < -0.4 is 5.32 Å². The van der Waals surface area contributed by atoms with Crippen LogP contribution in [0, 0.1) is 5.92 Å². The maximum absolute atomic E-state index is 12.3. The van der Waals surface area contributed by atoms with E-state index < -0.39 is 0 Å². The Balaban J connectivity index is 2.53. The summed E-state index contributed by atoms with van der Waals surface area (Å²) in [5.41, 5.74) is 0. The molecule has 1 saturated heterocycles. The van der Waals surface area contributed by atoms with Gasteiger partial charge in [-0.15, -0.1) is 0 Å². The molecular formula is C13H24N2O3. The molecule has 0 radical (unpaired) electrons. The van der Waals surface area contributed by atoms with Crippen molar-refractivity contribution in [1.29, 1.82) is 0 Å². The minimum absolute atomic E-state index is 0.0682. The number of hydrogen-bond acceptors (Lipinski definition) is 4. The van der Waals surface area contributed by atoms with Gasteiger partial charge in [0.2, 0.25) is 5.91 Å². The number of hydrogen-bond donors (Lipinski definition) is 1. The molecule has 1 unspecified atom stereocenters. The van der Waals surface area contributed by atoms with Gasteiger partial charge in [-0.3, -0.25) is 9.59 Å². The summed E-state index contributed by atoms with van der Waals surface area (Å²) >= 11 is 0. The van der Waals surface area contributed by atoms with E-state index in [9.17, 15) is 9.59 Å². The van der Waals surface area contributed by atoms with E-state index in [0.717, 1.165) is 19.4 Å². The summed E-state index contributed by atoms with van der Waals surface area (Å²) in [6.07, 6.45) is 2.20. The van der Waals surface area contributed by atoms with Gasteiger partial charge in [-0.1, -0.05) is 13.8 Å². The fourth-order valence-electron chi connectivity index (χ4n) is 2.18. The number of ether oxygens (including phenoxy) is 1. The molecule has 1 amide bonds. The first kappa shape index (κ1) is 15.0. The van der Waals surface area contributed by atoms with Crippen molar-refractivity contribution in [3.05, 3.63) is 0 Å². The molecule has 1 aliphatic rings. The van der Waals surface area contributed by atoms with Gasteiger partial charge in [-0.05, 0) is 25.3 Å². The summed E-state index contributed by atoms with van der Waals surface area (Å²) in [6, 6.07) is -0.0682. The van der Waals surface area contributed by atoms with Crippen LogP contribution in [0.5, 0.6) is 0 Å². The third-order valence-electron chi connectivity index (χ3n) is 3.07. The Morgan fingerprint density at radius 1 is 1.44 bits per heavy atom. The van der Waals surface area contributed by atoms with Crippen LogP contribution in [-0.4, -0.2) is 49.6 Å². The lowest BCUT2D eigenvalue weighted by molar-refractivity contribution is -0.142. The lowest BCUT2D eigenvalue weighted by Crippen LogP contribution is -2.45.